The second-order valence-corrected chi connectivity index (χ2v) is 11.9. The molecule has 0 saturated carbocycles. The van der Waals surface area contributed by atoms with Crippen molar-refractivity contribution in [3.63, 3.8) is 0 Å². The third-order valence-electron chi connectivity index (χ3n) is 8.58. The van der Waals surface area contributed by atoms with Gasteiger partial charge in [0.1, 0.15) is 12.1 Å². The van der Waals surface area contributed by atoms with Crippen LogP contribution in [0.25, 0.3) is 0 Å². The van der Waals surface area contributed by atoms with Gasteiger partial charge >= 0.3 is 12.0 Å². The van der Waals surface area contributed by atoms with Crippen LogP contribution in [-0.2, 0) is 38.6 Å². The van der Waals surface area contributed by atoms with Crippen molar-refractivity contribution in [2.24, 2.45) is 0 Å². The highest BCUT2D eigenvalue weighted by Crippen LogP contribution is 2.28. The molecule has 5 rings (SSSR count). The summed E-state index contributed by atoms with van der Waals surface area (Å²) in [5, 5.41) is 3.12. The van der Waals surface area contributed by atoms with E-state index in [-0.39, 0.29) is 19.2 Å². The predicted molar refractivity (Wildman–Crippen MR) is 177 cm³/mol. The Bertz CT molecular complexity index is 1300. The Kier molecular flexibility index (Phi) is 12.3. The maximum absolute atomic E-state index is 13.6. The van der Waals surface area contributed by atoms with E-state index in [1.165, 1.54) is 24.9 Å². The molecule has 1 N–H and O–H groups in total. The number of anilines is 2. The first-order valence-electron chi connectivity index (χ1n) is 16.5. The second kappa shape index (κ2) is 17.0. The number of urea groups is 1. The van der Waals surface area contributed by atoms with Crippen LogP contribution < -0.4 is 10.2 Å². The third-order valence-corrected chi connectivity index (χ3v) is 8.58. The van der Waals surface area contributed by atoms with Crippen LogP contribution in [0, 0.1) is 0 Å². The Morgan fingerprint density at radius 1 is 0.800 bits per heavy atom. The molecule has 3 aromatic carbocycles. The van der Waals surface area contributed by atoms with Crippen LogP contribution in [-0.4, -0.2) is 61.9 Å². The molecule has 8 heteroatoms. The predicted octanol–water partition coefficient (Wildman–Crippen LogP) is 6.97. The molecule has 2 fully saturated rings. The fraction of sp³-hybridized carbons (Fsp3) is 0.459. The summed E-state index contributed by atoms with van der Waals surface area (Å²) in [6.45, 7) is 5.94. The summed E-state index contributed by atoms with van der Waals surface area (Å²) in [6.07, 6.45) is 6.17. The number of amides is 2. The Morgan fingerprint density at radius 2 is 1.42 bits per heavy atom. The molecule has 1 unspecified atom stereocenters. The van der Waals surface area contributed by atoms with Gasteiger partial charge in [0.05, 0.1) is 26.4 Å². The highest BCUT2D eigenvalue weighted by molar-refractivity contribution is 5.93. The molecule has 0 aromatic heterocycles. The van der Waals surface area contributed by atoms with Gasteiger partial charge in [0.2, 0.25) is 0 Å². The average molecular weight is 614 g/mol. The summed E-state index contributed by atoms with van der Waals surface area (Å²) in [5.41, 5.74) is 5.17. The summed E-state index contributed by atoms with van der Waals surface area (Å²) < 4.78 is 17.9. The van der Waals surface area contributed by atoms with E-state index in [0.717, 1.165) is 54.7 Å². The number of ether oxygens (including phenoxy) is 3. The summed E-state index contributed by atoms with van der Waals surface area (Å²) in [6, 6.07) is 25.1. The van der Waals surface area contributed by atoms with Gasteiger partial charge in [-0.3, -0.25) is 0 Å². The van der Waals surface area contributed by atoms with Crippen molar-refractivity contribution < 1.29 is 23.8 Å². The largest absolute Gasteiger partial charge is 0.456 e. The molecule has 2 saturated heterocycles. The summed E-state index contributed by atoms with van der Waals surface area (Å²) >= 11 is 0. The number of nitrogens with zero attached hydrogens (tertiary/aromatic N) is 2. The Morgan fingerprint density at radius 3 is 2.04 bits per heavy atom. The van der Waals surface area contributed by atoms with Gasteiger partial charge in [0.15, 0.2) is 0 Å². The topological polar surface area (TPSA) is 80.3 Å². The first kappa shape index (κ1) is 32.5. The standard InChI is InChI=1S/C37H47N3O5/c1-2-31-24-32(39-21-11-5-12-22-39)19-20-34(31)38-37(42)40-23-13-10-18-35(40)36(41)45-33(27-43-25-29-14-6-3-7-15-29)28-44-26-30-16-8-4-9-17-30/h3-4,6-9,14-17,19-20,24,33,35H,2,5,10-13,18,21-23,25-28H2,1H3,(H,38,42). The number of aryl methyl sites for hydroxylation is 1. The number of esters is 1. The molecule has 240 valence electrons. The molecular weight excluding hydrogens is 566 g/mol. The van der Waals surface area contributed by atoms with Crippen molar-refractivity contribution in [1.29, 1.82) is 0 Å². The minimum Gasteiger partial charge on any atom is -0.456 e. The zero-order valence-corrected chi connectivity index (χ0v) is 26.5. The van der Waals surface area contributed by atoms with Gasteiger partial charge in [0.25, 0.3) is 0 Å². The molecule has 0 radical (unpaired) electrons. The van der Waals surface area contributed by atoms with Gasteiger partial charge < -0.3 is 29.3 Å². The summed E-state index contributed by atoms with van der Waals surface area (Å²) in [7, 11) is 0. The molecule has 1 atom stereocenters. The van der Waals surface area contributed by atoms with Crippen molar-refractivity contribution in [3.05, 3.63) is 95.6 Å². The fourth-order valence-corrected chi connectivity index (χ4v) is 6.07. The van der Waals surface area contributed by atoms with Crippen molar-refractivity contribution >= 4 is 23.4 Å². The molecule has 0 aliphatic carbocycles. The number of piperidine rings is 2. The first-order chi connectivity index (χ1) is 22.1. The van der Waals surface area contributed by atoms with Crippen molar-refractivity contribution in [2.45, 2.75) is 77.2 Å². The number of nitrogens with one attached hydrogen (secondary N) is 1. The normalized spacial score (nSPS) is 16.9. The first-order valence-corrected chi connectivity index (χ1v) is 16.5. The molecule has 0 bridgehead atoms. The van der Waals surface area contributed by atoms with Gasteiger partial charge in [-0.2, -0.15) is 0 Å². The minimum absolute atomic E-state index is 0.192. The minimum atomic E-state index is -0.665. The van der Waals surface area contributed by atoms with Crippen LogP contribution >= 0.6 is 0 Å². The van der Waals surface area contributed by atoms with E-state index < -0.39 is 18.1 Å². The highest BCUT2D eigenvalue weighted by atomic mass is 16.6. The van der Waals surface area contributed by atoms with Crippen LogP contribution in [0.4, 0.5) is 16.2 Å². The lowest BCUT2D eigenvalue weighted by Gasteiger charge is -2.35. The SMILES string of the molecule is CCc1cc(N2CCCCC2)ccc1NC(=O)N1CCCCC1C(=O)OC(COCc1ccccc1)COCc1ccccc1. The molecule has 45 heavy (non-hydrogen) atoms. The van der Waals surface area contributed by atoms with Crippen molar-refractivity contribution in [3.8, 4) is 0 Å². The van der Waals surface area contributed by atoms with Gasteiger partial charge in [-0.05, 0) is 79.8 Å². The molecule has 0 spiro atoms. The monoisotopic (exact) mass is 613 g/mol. The van der Waals surface area contributed by atoms with Crippen molar-refractivity contribution in [1.82, 2.24) is 4.90 Å². The van der Waals surface area contributed by atoms with Crippen LogP contribution in [0.15, 0.2) is 78.9 Å². The Balaban J connectivity index is 1.21. The number of benzene rings is 3. The van der Waals surface area contributed by atoms with E-state index >= 15 is 0 Å². The van der Waals surface area contributed by atoms with Gasteiger partial charge in [-0.15, -0.1) is 0 Å². The lowest BCUT2D eigenvalue weighted by Crippen LogP contribution is -2.51. The maximum atomic E-state index is 13.6. The van der Waals surface area contributed by atoms with Crippen LogP contribution in [0.2, 0.25) is 0 Å². The van der Waals surface area contributed by atoms with Gasteiger partial charge in [-0.1, -0.05) is 67.6 Å². The van der Waals surface area contributed by atoms with E-state index in [4.69, 9.17) is 14.2 Å². The lowest BCUT2D eigenvalue weighted by atomic mass is 10.0. The van der Waals surface area contributed by atoms with E-state index in [0.29, 0.717) is 26.2 Å². The number of likely N-dealkylation sites (tertiary alicyclic amines) is 1. The molecule has 8 nitrogen and oxygen atoms in total. The quantitative estimate of drug-likeness (QED) is 0.210. The second-order valence-electron chi connectivity index (χ2n) is 11.9. The number of carbonyl (C=O) groups is 2. The molecule has 2 heterocycles. The summed E-state index contributed by atoms with van der Waals surface area (Å²) in [4.78, 5) is 31.3. The number of hydrogen-bond acceptors (Lipinski definition) is 6. The van der Waals surface area contributed by atoms with Crippen molar-refractivity contribution in [2.75, 3.05) is 43.1 Å². The smallest absolute Gasteiger partial charge is 0.329 e. The highest BCUT2D eigenvalue weighted by Gasteiger charge is 2.35. The lowest BCUT2D eigenvalue weighted by molar-refractivity contribution is -0.163. The van der Waals surface area contributed by atoms with Crippen LogP contribution in [0.1, 0.15) is 62.1 Å². The molecule has 2 amide bonds. The zero-order valence-electron chi connectivity index (χ0n) is 26.5. The number of hydrogen-bond donors (Lipinski definition) is 1. The van der Waals surface area contributed by atoms with Gasteiger partial charge in [0, 0.05) is 31.0 Å². The van der Waals surface area contributed by atoms with Crippen LogP contribution in [0.5, 0.6) is 0 Å². The number of rotatable bonds is 13. The maximum Gasteiger partial charge on any atom is 0.329 e. The van der Waals surface area contributed by atoms with Gasteiger partial charge in [-0.25, -0.2) is 9.59 Å². The third kappa shape index (κ3) is 9.55. The molecule has 2 aliphatic rings. The number of carbonyl (C=O) groups excluding carboxylic acids is 2. The summed E-state index contributed by atoms with van der Waals surface area (Å²) in [5.74, 6) is -0.419. The molecular formula is C37H47N3O5. The zero-order chi connectivity index (χ0) is 31.3. The fourth-order valence-electron chi connectivity index (χ4n) is 6.07. The van der Waals surface area contributed by atoms with E-state index in [2.05, 4.69) is 29.3 Å². The molecule has 2 aliphatic heterocycles. The molecule has 3 aromatic rings. The van der Waals surface area contributed by atoms with E-state index in [9.17, 15) is 9.59 Å². The van der Waals surface area contributed by atoms with E-state index in [1.807, 2.05) is 66.7 Å². The average Bonchev–Trinajstić information content (AvgIpc) is 3.09. The van der Waals surface area contributed by atoms with E-state index in [1.54, 1.807) is 4.90 Å². The Labute approximate surface area is 267 Å². The van der Waals surface area contributed by atoms with Crippen LogP contribution in [0.3, 0.4) is 0 Å². The Hall–Kier alpha value is -3.88.